The summed E-state index contributed by atoms with van der Waals surface area (Å²) in [6.07, 6.45) is 35.5. The molecule has 1 unspecified atom stereocenters. The Kier molecular flexibility index (Phi) is 37.0. The van der Waals surface area contributed by atoms with Gasteiger partial charge in [0.2, 0.25) is 0 Å². The van der Waals surface area contributed by atoms with Crippen LogP contribution >= 0.6 is 0 Å². The van der Waals surface area contributed by atoms with E-state index < -0.39 is 18.3 Å². The third-order valence-electron chi connectivity index (χ3n) is 10.7. The van der Waals surface area contributed by atoms with Crippen molar-refractivity contribution in [2.24, 2.45) is 5.92 Å². The quantitative estimate of drug-likeness (QED) is 0.0212. The smallest absolute Gasteiger partial charge is 0.407 e. The van der Waals surface area contributed by atoms with E-state index in [4.69, 9.17) is 23.7 Å². The number of nitrogens with zero attached hydrogens (tertiary/aromatic N) is 1. The van der Waals surface area contributed by atoms with Gasteiger partial charge in [0.05, 0.1) is 18.4 Å². The number of esters is 2. The first-order valence-corrected chi connectivity index (χ1v) is 23.9. The molecule has 0 radical (unpaired) electrons. The number of nitrogens with one attached hydrogen (secondary N) is 1. The van der Waals surface area contributed by atoms with Crippen LogP contribution in [0.25, 0.3) is 0 Å². The number of likely N-dealkylation sites (N-methyl/N-ethyl adjacent to an activating group) is 1. The van der Waals surface area contributed by atoms with Crippen LogP contribution in [0, 0.1) is 5.92 Å². The fourth-order valence-corrected chi connectivity index (χ4v) is 6.76. The molecule has 0 aromatic rings. The summed E-state index contributed by atoms with van der Waals surface area (Å²) in [6, 6.07) is 0.0600. The first kappa shape index (κ1) is 53.6. The average molecular weight is 821 g/mol. The summed E-state index contributed by atoms with van der Waals surface area (Å²) in [6.45, 7) is 12.5. The van der Waals surface area contributed by atoms with Crippen LogP contribution in [-0.2, 0) is 33.3 Å². The molecule has 0 bridgehead atoms. The summed E-state index contributed by atoms with van der Waals surface area (Å²) in [5, 5.41) is 2.88. The number of carbonyl (C=O) groups excluding carboxylic acids is 3. The van der Waals surface area contributed by atoms with Gasteiger partial charge in [0.15, 0.2) is 6.29 Å². The van der Waals surface area contributed by atoms with E-state index in [1.54, 1.807) is 0 Å². The van der Waals surface area contributed by atoms with Gasteiger partial charge >= 0.3 is 18.0 Å². The molecule has 1 aliphatic rings. The first-order valence-electron chi connectivity index (χ1n) is 23.9. The second-order valence-corrected chi connectivity index (χ2v) is 16.3. The number of ether oxygens (including phenoxy) is 5. The Labute approximate surface area is 355 Å². The Balaban J connectivity index is 2.48. The number of amides is 1. The molecule has 10 heteroatoms. The molecule has 1 rings (SSSR count). The lowest BCUT2D eigenvalue weighted by Crippen LogP contribution is -2.59. The maximum Gasteiger partial charge on any atom is 0.407 e. The summed E-state index contributed by atoms with van der Waals surface area (Å²) < 4.78 is 28.9. The predicted molar refractivity (Wildman–Crippen MR) is 237 cm³/mol. The molecule has 0 aliphatic carbocycles. The fourth-order valence-electron chi connectivity index (χ4n) is 6.76. The van der Waals surface area contributed by atoms with Gasteiger partial charge in [-0.05, 0) is 57.9 Å². The predicted octanol–water partition coefficient (Wildman–Crippen LogP) is 11.8. The fraction of sp³-hybridized carbons (Fsp3) is 0.854. The molecule has 1 atom stereocenters. The zero-order valence-corrected chi connectivity index (χ0v) is 37.8. The van der Waals surface area contributed by atoms with Crippen LogP contribution in [0.5, 0.6) is 0 Å². The van der Waals surface area contributed by atoms with Gasteiger partial charge < -0.3 is 29.0 Å². The Hall–Kier alpha value is -2.43. The van der Waals surface area contributed by atoms with Gasteiger partial charge in [-0.1, -0.05) is 148 Å². The van der Waals surface area contributed by atoms with E-state index in [1.165, 1.54) is 77.0 Å². The van der Waals surface area contributed by atoms with Crippen LogP contribution in [-0.4, -0.2) is 87.9 Å². The third-order valence-corrected chi connectivity index (χ3v) is 10.7. The summed E-state index contributed by atoms with van der Waals surface area (Å²) in [5.74, 6) is -1.13. The SMILES string of the molecule is CCCCC/C=C\C/C=C\CCCCCCCC(=O)OCC(COC(=O)CCC(OCCCCCCCC)OCCCCCCCC)COC(=O)NC1CN(CC)C1. The van der Waals surface area contributed by atoms with Gasteiger partial charge in [-0.3, -0.25) is 14.5 Å². The lowest BCUT2D eigenvalue weighted by atomic mass is 10.1. The van der Waals surface area contributed by atoms with Crippen molar-refractivity contribution < 1.29 is 38.1 Å². The van der Waals surface area contributed by atoms with E-state index in [1.807, 2.05) is 0 Å². The molecule has 1 aliphatic heterocycles. The molecule has 1 amide bonds. The minimum atomic E-state index is -0.513. The zero-order chi connectivity index (χ0) is 42.2. The molecule has 1 fully saturated rings. The van der Waals surface area contributed by atoms with Crippen molar-refractivity contribution in [1.29, 1.82) is 0 Å². The van der Waals surface area contributed by atoms with E-state index in [0.29, 0.717) is 26.1 Å². The number of allylic oxidation sites excluding steroid dienone is 4. The van der Waals surface area contributed by atoms with Crippen LogP contribution in [0.4, 0.5) is 4.79 Å². The van der Waals surface area contributed by atoms with Crippen molar-refractivity contribution in [3.05, 3.63) is 24.3 Å². The number of carbonyl (C=O) groups is 3. The van der Waals surface area contributed by atoms with Crippen LogP contribution in [0.2, 0.25) is 0 Å². The number of alkyl carbamates (subject to hydrolysis) is 1. The molecular formula is C48H88N2O8. The molecule has 0 aromatic heterocycles. The standard InChI is InChI=1S/C48H88N2O8/c1-5-9-12-15-18-19-20-21-22-23-24-25-26-27-30-33-45(51)56-40-43(42-58-48(53)49-44-38-50(8-4)39-44)41-57-46(52)34-35-47(54-36-31-28-16-13-10-6-2)55-37-32-29-17-14-11-7-3/h18-19,21-22,43-44,47H,5-17,20,23-42H2,1-4H3,(H,49,53)/b19-18-,22-21-. The average Bonchev–Trinajstić information content (AvgIpc) is 3.21. The van der Waals surface area contributed by atoms with Crippen molar-refractivity contribution >= 4 is 18.0 Å². The van der Waals surface area contributed by atoms with Crippen molar-refractivity contribution in [2.75, 3.05) is 52.7 Å². The molecule has 338 valence electrons. The first-order chi connectivity index (χ1) is 28.4. The Bertz CT molecular complexity index is 1010. The summed E-state index contributed by atoms with van der Waals surface area (Å²) in [5.41, 5.74) is 0. The molecule has 1 saturated heterocycles. The Morgan fingerprint density at radius 3 is 1.60 bits per heavy atom. The molecule has 0 saturated carbocycles. The Morgan fingerprint density at radius 2 is 1.03 bits per heavy atom. The number of unbranched alkanes of at least 4 members (excludes halogenated alkanes) is 18. The molecule has 1 N–H and O–H groups in total. The van der Waals surface area contributed by atoms with E-state index in [2.05, 4.69) is 62.2 Å². The summed E-state index contributed by atoms with van der Waals surface area (Å²) >= 11 is 0. The van der Waals surface area contributed by atoms with E-state index in [9.17, 15) is 14.4 Å². The number of hydrogen-bond acceptors (Lipinski definition) is 9. The third kappa shape index (κ3) is 33.4. The molecule has 1 heterocycles. The van der Waals surface area contributed by atoms with Gasteiger partial charge in [0, 0.05) is 39.1 Å². The maximum absolute atomic E-state index is 12.9. The lowest BCUT2D eigenvalue weighted by Gasteiger charge is -2.38. The normalized spacial score (nSPS) is 14.0. The van der Waals surface area contributed by atoms with Crippen LogP contribution in [0.1, 0.15) is 195 Å². The zero-order valence-electron chi connectivity index (χ0n) is 37.8. The highest BCUT2D eigenvalue weighted by Crippen LogP contribution is 2.14. The molecule has 58 heavy (non-hydrogen) atoms. The number of hydrogen-bond donors (Lipinski definition) is 1. The number of rotatable bonds is 41. The second kappa shape index (κ2) is 40.0. The minimum Gasteiger partial charge on any atom is -0.465 e. The van der Waals surface area contributed by atoms with Crippen LogP contribution in [0.15, 0.2) is 24.3 Å². The van der Waals surface area contributed by atoms with Crippen LogP contribution < -0.4 is 5.32 Å². The molecule has 0 spiro atoms. The maximum atomic E-state index is 12.9. The topological polar surface area (TPSA) is 113 Å². The van der Waals surface area contributed by atoms with Crippen LogP contribution in [0.3, 0.4) is 0 Å². The number of likely N-dealkylation sites (tertiary alicyclic amines) is 1. The minimum absolute atomic E-state index is 0.0120. The van der Waals surface area contributed by atoms with Gasteiger partial charge in [-0.25, -0.2) is 4.79 Å². The van der Waals surface area contributed by atoms with E-state index in [0.717, 1.165) is 90.3 Å². The highest BCUT2D eigenvalue weighted by atomic mass is 16.7. The van der Waals surface area contributed by atoms with Gasteiger partial charge in [0.25, 0.3) is 0 Å². The Morgan fingerprint density at radius 1 is 0.569 bits per heavy atom. The molecule has 10 nitrogen and oxygen atoms in total. The van der Waals surface area contributed by atoms with Gasteiger partial charge in [-0.15, -0.1) is 0 Å². The van der Waals surface area contributed by atoms with E-state index >= 15 is 0 Å². The summed E-state index contributed by atoms with van der Waals surface area (Å²) in [4.78, 5) is 40.3. The van der Waals surface area contributed by atoms with Crippen molar-refractivity contribution in [3.63, 3.8) is 0 Å². The highest BCUT2D eigenvalue weighted by Gasteiger charge is 2.27. The second-order valence-electron chi connectivity index (χ2n) is 16.3. The summed E-state index contributed by atoms with van der Waals surface area (Å²) in [7, 11) is 0. The lowest BCUT2D eigenvalue weighted by molar-refractivity contribution is -0.161. The molecule has 0 aromatic carbocycles. The van der Waals surface area contributed by atoms with Crippen molar-refractivity contribution in [3.8, 4) is 0 Å². The highest BCUT2D eigenvalue weighted by molar-refractivity contribution is 5.70. The van der Waals surface area contributed by atoms with E-state index in [-0.39, 0.29) is 44.2 Å². The largest absolute Gasteiger partial charge is 0.465 e. The molecular weight excluding hydrogens is 733 g/mol. The van der Waals surface area contributed by atoms with Crippen molar-refractivity contribution in [1.82, 2.24) is 10.2 Å². The van der Waals surface area contributed by atoms with Crippen molar-refractivity contribution in [2.45, 2.75) is 207 Å². The monoisotopic (exact) mass is 821 g/mol. The van der Waals surface area contributed by atoms with Gasteiger partial charge in [0.1, 0.15) is 19.8 Å². The van der Waals surface area contributed by atoms with Gasteiger partial charge in [-0.2, -0.15) is 0 Å².